The zero-order valence-electron chi connectivity index (χ0n) is 32.8. The van der Waals surface area contributed by atoms with Crippen LogP contribution >= 0.6 is 0 Å². The lowest BCUT2D eigenvalue weighted by Gasteiger charge is -2.11. The summed E-state index contributed by atoms with van der Waals surface area (Å²) >= 11 is 0. The second kappa shape index (κ2) is 21.1. The largest absolute Gasteiger partial charge is 0.512 e. The van der Waals surface area contributed by atoms with Crippen LogP contribution in [0.25, 0.3) is 44.3 Å². The summed E-state index contributed by atoms with van der Waals surface area (Å²) < 4.78 is 0. The molecular weight excluding hydrogens is 673 g/mol. The Labute approximate surface area is 328 Å². The molecule has 1 N–H and O–H groups in total. The molecule has 0 spiro atoms. The third-order valence-corrected chi connectivity index (χ3v) is 10.8. The van der Waals surface area contributed by atoms with E-state index >= 15 is 0 Å². The summed E-state index contributed by atoms with van der Waals surface area (Å²) in [6.45, 7) is 1.47. The van der Waals surface area contributed by atoms with Gasteiger partial charge in [-0.2, -0.15) is 0 Å². The zero-order chi connectivity index (χ0) is 38.1. The number of pyridine rings is 2. The molecular formula is C51H58N2O2. The first-order valence-corrected chi connectivity index (χ1v) is 20.8. The minimum absolute atomic E-state index is 0.0887. The fraction of sp³-hybridized carbons (Fsp3) is 0.353. The maximum absolute atomic E-state index is 11.1. The highest BCUT2D eigenvalue weighted by Crippen LogP contribution is 2.28. The second-order valence-corrected chi connectivity index (χ2v) is 15.3. The van der Waals surface area contributed by atoms with E-state index in [0.717, 1.165) is 54.5 Å². The minimum atomic E-state index is -0.0887. The lowest BCUT2D eigenvalue weighted by Crippen LogP contribution is -1.95. The van der Waals surface area contributed by atoms with Crippen LogP contribution < -0.4 is 0 Å². The molecule has 2 heterocycles. The number of rotatable bonds is 22. The first kappa shape index (κ1) is 39.6. The van der Waals surface area contributed by atoms with E-state index in [4.69, 9.17) is 9.97 Å². The molecule has 0 unspecified atom stereocenters. The van der Waals surface area contributed by atoms with Gasteiger partial charge in [-0.3, -0.25) is 4.79 Å². The Kier molecular flexibility index (Phi) is 15.2. The van der Waals surface area contributed by atoms with Gasteiger partial charge in [-0.15, -0.1) is 0 Å². The van der Waals surface area contributed by atoms with Gasteiger partial charge < -0.3 is 5.11 Å². The van der Waals surface area contributed by atoms with Crippen molar-refractivity contribution >= 4 is 27.6 Å². The molecule has 0 saturated carbocycles. The van der Waals surface area contributed by atoms with Gasteiger partial charge in [0, 0.05) is 34.4 Å². The van der Waals surface area contributed by atoms with Crippen LogP contribution in [0, 0.1) is 0 Å². The molecule has 0 aliphatic heterocycles. The molecule has 0 saturated heterocycles. The quantitative estimate of drug-likeness (QED) is 0.0429. The molecule has 4 aromatic carbocycles. The highest BCUT2D eigenvalue weighted by Gasteiger charge is 2.09. The Bertz CT molecular complexity index is 2170. The highest BCUT2D eigenvalue weighted by atomic mass is 16.3. The van der Waals surface area contributed by atoms with Crippen molar-refractivity contribution in [2.75, 3.05) is 0 Å². The van der Waals surface area contributed by atoms with Gasteiger partial charge in [0.2, 0.25) is 0 Å². The minimum Gasteiger partial charge on any atom is -0.512 e. The van der Waals surface area contributed by atoms with Crippen molar-refractivity contribution in [2.45, 2.75) is 116 Å². The molecule has 0 fully saturated rings. The number of carbonyl (C=O) groups excluding carboxylic acids is 1. The molecule has 2 aromatic heterocycles. The molecule has 0 bridgehead atoms. The van der Waals surface area contributed by atoms with E-state index in [2.05, 4.69) is 115 Å². The molecule has 0 amide bonds. The molecule has 6 rings (SSSR count). The van der Waals surface area contributed by atoms with Gasteiger partial charge in [-0.25, -0.2) is 9.97 Å². The highest BCUT2D eigenvalue weighted by molar-refractivity contribution is 5.87. The van der Waals surface area contributed by atoms with Gasteiger partial charge in [-0.1, -0.05) is 137 Å². The average Bonchev–Trinajstić information content (AvgIpc) is 3.20. The van der Waals surface area contributed by atoms with E-state index in [0.29, 0.717) is 6.42 Å². The molecule has 0 aliphatic carbocycles. The fourth-order valence-corrected chi connectivity index (χ4v) is 7.78. The van der Waals surface area contributed by atoms with Crippen LogP contribution in [0.5, 0.6) is 0 Å². The topological polar surface area (TPSA) is 63.1 Å². The number of unbranched alkanes of at least 4 members (excludes halogenated alkanes) is 11. The number of hydrogen-bond donors (Lipinski definition) is 1. The maximum Gasteiger partial charge on any atom is 0.155 e. The number of aromatic nitrogens is 2. The molecule has 0 radical (unpaired) electrons. The standard InChI is InChI=1S/C51H58N2O2/c1-39(54)35-46(55)29-14-10-4-2-3-9-13-26-43-38-51(53-50-32-18-16-30-47(43)50)45-28-20-24-41(37-45)22-12-8-6-5-7-11-21-40-23-19-27-44(36-40)49-34-33-42-25-15-17-31-48(42)52-49/h15-20,23-25,27-28,30-38,55H,2-14,21-22,26,29H2,1H3. The number of nitrogens with zero attached hydrogens (tertiary/aromatic N) is 2. The number of ketones is 1. The van der Waals surface area contributed by atoms with E-state index in [1.165, 1.54) is 122 Å². The Hall–Kier alpha value is -5.09. The van der Waals surface area contributed by atoms with Crippen LogP contribution in [0.15, 0.2) is 127 Å². The Morgan fingerprint density at radius 3 is 1.75 bits per heavy atom. The van der Waals surface area contributed by atoms with Crippen molar-refractivity contribution < 1.29 is 9.90 Å². The summed E-state index contributed by atoms with van der Waals surface area (Å²) in [5.41, 5.74) is 10.9. The van der Waals surface area contributed by atoms with Crippen LogP contribution in [-0.4, -0.2) is 20.9 Å². The fourth-order valence-electron chi connectivity index (χ4n) is 7.78. The second-order valence-electron chi connectivity index (χ2n) is 15.3. The van der Waals surface area contributed by atoms with E-state index in [1.54, 1.807) is 0 Å². The van der Waals surface area contributed by atoms with Crippen molar-refractivity contribution in [1.82, 2.24) is 9.97 Å². The van der Waals surface area contributed by atoms with E-state index in [9.17, 15) is 9.90 Å². The van der Waals surface area contributed by atoms with Crippen molar-refractivity contribution in [2.24, 2.45) is 0 Å². The SMILES string of the molecule is CC(=O)C=C(O)CCCCCCCCCc1cc(-c2cccc(CCCCCCCCc3cccc(-c4ccc5ccccc5n4)c3)c2)nc2ccccc12. The van der Waals surface area contributed by atoms with Gasteiger partial charge in [0.15, 0.2) is 5.78 Å². The lowest BCUT2D eigenvalue weighted by atomic mass is 9.97. The van der Waals surface area contributed by atoms with Crippen LogP contribution in [0.2, 0.25) is 0 Å². The Morgan fingerprint density at radius 2 is 1.07 bits per heavy atom. The molecule has 0 atom stereocenters. The number of aryl methyl sites for hydroxylation is 3. The summed E-state index contributed by atoms with van der Waals surface area (Å²) in [5.74, 6) is 0.125. The van der Waals surface area contributed by atoms with E-state index < -0.39 is 0 Å². The van der Waals surface area contributed by atoms with Gasteiger partial charge in [-0.05, 0) is 105 Å². The van der Waals surface area contributed by atoms with Gasteiger partial charge in [0.1, 0.15) is 0 Å². The number of allylic oxidation sites excluding steroid dienone is 2. The van der Waals surface area contributed by atoms with Gasteiger partial charge in [0.05, 0.1) is 28.2 Å². The number of para-hydroxylation sites is 2. The van der Waals surface area contributed by atoms with Crippen LogP contribution in [0.3, 0.4) is 0 Å². The van der Waals surface area contributed by atoms with Gasteiger partial charge >= 0.3 is 0 Å². The Morgan fingerprint density at radius 1 is 0.527 bits per heavy atom. The lowest BCUT2D eigenvalue weighted by molar-refractivity contribution is -0.112. The summed E-state index contributed by atoms with van der Waals surface area (Å²) in [6, 6.07) is 41.5. The van der Waals surface area contributed by atoms with Crippen molar-refractivity contribution in [1.29, 1.82) is 0 Å². The van der Waals surface area contributed by atoms with Crippen LogP contribution in [-0.2, 0) is 24.1 Å². The van der Waals surface area contributed by atoms with Gasteiger partial charge in [0.25, 0.3) is 0 Å². The van der Waals surface area contributed by atoms with Crippen molar-refractivity contribution in [3.63, 3.8) is 0 Å². The third kappa shape index (κ3) is 12.5. The van der Waals surface area contributed by atoms with Crippen molar-refractivity contribution in [3.05, 3.63) is 144 Å². The summed E-state index contributed by atoms with van der Waals surface area (Å²) in [4.78, 5) is 21.1. The van der Waals surface area contributed by atoms with E-state index in [-0.39, 0.29) is 11.5 Å². The number of fused-ring (bicyclic) bond motifs is 2. The number of benzene rings is 4. The van der Waals surface area contributed by atoms with Crippen LogP contribution in [0.4, 0.5) is 0 Å². The number of aliphatic hydroxyl groups is 1. The monoisotopic (exact) mass is 730 g/mol. The van der Waals surface area contributed by atoms with E-state index in [1.807, 2.05) is 0 Å². The first-order chi connectivity index (χ1) is 27.0. The van der Waals surface area contributed by atoms with Crippen LogP contribution in [0.1, 0.15) is 114 Å². The average molecular weight is 731 g/mol. The summed E-state index contributed by atoms with van der Waals surface area (Å²) in [6.07, 6.45) is 20.9. The molecule has 284 valence electrons. The number of hydrogen-bond acceptors (Lipinski definition) is 4. The predicted molar refractivity (Wildman–Crippen MR) is 232 cm³/mol. The normalized spacial score (nSPS) is 11.8. The smallest absolute Gasteiger partial charge is 0.155 e. The molecule has 4 heteroatoms. The van der Waals surface area contributed by atoms with Crippen molar-refractivity contribution in [3.8, 4) is 22.5 Å². The third-order valence-electron chi connectivity index (χ3n) is 10.8. The zero-order valence-corrected chi connectivity index (χ0v) is 32.8. The summed E-state index contributed by atoms with van der Waals surface area (Å²) in [7, 11) is 0. The molecule has 55 heavy (non-hydrogen) atoms. The predicted octanol–water partition coefficient (Wildman–Crippen LogP) is 13.9. The molecule has 4 nitrogen and oxygen atoms in total. The molecule has 0 aliphatic rings. The summed E-state index contributed by atoms with van der Waals surface area (Å²) in [5, 5.41) is 12.2. The Balaban J connectivity index is 0.905. The number of carbonyl (C=O) groups is 1. The first-order valence-electron chi connectivity index (χ1n) is 20.8. The maximum atomic E-state index is 11.1. The molecule has 6 aromatic rings. The number of aliphatic hydroxyl groups excluding tert-OH is 1.